The smallest absolute Gasteiger partial charge is 0.254 e. The van der Waals surface area contributed by atoms with Crippen molar-refractivity contribution in [2.24, 2.45) is 0 Å². The van der Waals surface area contributed by atoms with Gasteiger partial charge in [0.15, 0.2) is 0 Å². The molecule has 2 atom stereocenters. The summed E-state index contributed by atoms with van der Waals surface area (Å²) in [6, 6.07) is -0.160. The van der Waals surface area contributed by atoms with Crippen LogP contribution in [0.25, 0.3) is 0 Å². The van der Waals surface area contributed by atoms with Gasteiger partial charge in [-0.2, -0.15) is 0 Å². The minimum absolute atomic E-state index is 0.00932. The van der Waals surface area contributed by atoms with E-state index in [1.807, 2.05) is 5.38 Å². The third-order valence-corrected chi connectivity index (χ3v) is 4.89. The number of aromatic amines is 1. The summed E-state index contributed by atoms with van der Waals surface area (Å²) >= 11 is 1.51. The maximum absolute atomic E-state index is 12.4. The average molecular weight is 378 g/mol. The Labute approximate surface area is 155 Å². The zero-order valence-electron chi connectivity index (χ0n) is 14.8. The maximum Gasteiger partial charge on any atom is 0.254 e. The number of aryl methyl sites for hydroxylation is 2. The topological polar surface area (TPSA) is 106 Å². The van der Waals surface area contributed by atoms with E-state index in [-0.39, 0.29) is 30.0 Å². The molecule has 1 fully saturated rings. The zero-order chi connectivity index (χ0) is 18.5. The number of rotatable bonds is 6. The maximum atomic E-state index is 12.4. The van der Waals surface area contributed by atoms with Crippen molar-refractivity contribution < 1.29 is 14.3 Å². The molecule has 8 nitrogen and oxygen atoms in total. The molecule has 2 aromatic rings. The fourth-order valence-corrected chi connectivity index (χ4v) is 3.46. The van der Waals surface area contributed by atoms with E-state index in [2.05, 4.69) is 20.3 Å². The first-order chi connectivity index (χ1) is 12.5. The number of ether oxygens (including phenoxy) is 2. The number of hydrogen-bond donors (Lipinski definition) is 2. The highest BCUT2D eigenvalue weighted by atomic mass is 32.1. The lowest BCUT2D eigenvalue weighted by molar-refractivity contribution is -0.126. The summed E-state index contributed by atoms with van der Waals surface area (Å²) in [4.78, 5) is 35.6. The standard InChI is InChI=1S/C17H22N4O4S/c1-10-13(17(23)20-11(2)19-10)5-16(22)21-14-3-4-24-7-15(14)25-6-12-8-26-9-18-12/h8-9,14-15H,3-7H2,1-2H3,(H,21,22)(H,19,20,23)/t14-,15-/m1/s1. The number of thiazole rings is 1. The molecule has 0 aliphatic carbocycles. The number of H-pyrrole nitrogens is 1. The van der Waals surface area contributed by atoms with E-state index in [1.54, 1.807) is 19.4 Å². The minimum atomic E-state index is -0.270. The molecule has 2 aromatic heterocycles. The Morgan fingerprint density at radius 3 is 3.08 bits per heavy atom. The van der Waals surface area contributed by atoms with Crippen molar-refractivity contribution in [1.29, 1.82) is 0 Å². The summed E-state index contributed by atoms with van der Waals surface area (Å²) in [5.41, 5.74) is 3.31. The van der Waals surface area contributed by atoms with E-state index < -0.39 is 0 Å². The van der Waals surface area contributed by atoms with Crippen LogP contribution in [0.15, 0.2) is 15.7 Å². The molecule has 0 radical (unpaired) electrons. The first-order valence-corrected chi connectivity index (χ1v) is 9.39. The highest BCUT2D eigenvalue weighted by Crippen LogP contribution is 2.14. The lowest BCUT2D eigenvalue weighted by Crippen LogP contribution is -2.50. The average Bonchev–Trinajstić information content (AvgIpc) is 3.11. The van der Waals surface area contributed by atoms with Gasteiger partial charge in [-0.25, -0.2) is 9.97 Å². The lowest BCUT2D eigenvalue weighted by Gasteiger charge is -2.32. The van der Waals surface area contributed by atoms with Gasteiger partial charge >= 0.3 is 0 Å². The molecule has 2 N–H and O–H groups in total. The van der Waals surface area contributed by atoms with Crippen molar-refractivity contribution in [2.75, 3.05) is 13.2 Å². The Kier molecular flexibility index (Phi) is 6.12. The Hall–Kier alpha value is -2.10. The van der Waals surface area contributed by atoms with Crippen LogP contribution >= 0.6 is 11.3 Å². The predicted octanol–water partition coefficient (Wildman–Crippen LogP) is 0.876. The molecule has 9 heteroatoms. The van der Waals surface area contributed by atoms with Gasteiger partial charge in [0, 0.05) is 23.2 Å². The van der Waals surface area contributed by atoms with E-state index in [0.717, 1.165) is 5.69 Å². The van der Waals surface area contributed by atoms with E-state index in [0.29, 0.717) is 43.3 Å². The predicted molar refractivity (Wildman–Crippen MR) is 96.1 cm³/mol. The second-order valence-electron chi connectivity index (χ2n) is 6.26. The molecular weight excluding hydrogens is 356 g/mol. The van der Waals surface area contributed by atoms with Crippen LogP contribution in [0.2, 0.25) is 0 Å². The summed E-state index contributed by atoms with van der Waals surface area (Å²) in [5.74, 6) is 0.315. The lowest BCUT2D eigenvalue weighted by atomic mass is 10.0. The van der Waals surface area contributed by atoms with Gasteiger partial charge in [-0.1, -0.05) is 0 Å². The Morgan fingerprint density at radius 2 is 2.35 bits per heavy atom. The Morgan fingerprint density at radius 1 is 1.50 bits per heavy atom. The molecule has 3 rings (SSSR count). The van der Waals surface area contributed by atoms with E-state index in [4.69, 9.17) is 9.47 Å². The van der Waals surface area contributed by atoms with Gasteiger partial charge in [0.1, 0.15) is 11.9 Å². The number of aromatic nitrogens is 3. The zero-order valence-corrected chi connectivity index (χ0v) is 15.6. The molecule has 3 heterocycles. The van der Waals surface area contributed by atoms with Crippen LogP contribution in [-0.2, 0) is 27.3 Å². The number of amides is 1. The van der Waals surface area contributed by atoms with Gasteiger partial charge in [-0.15, -0.1) is 11.3 Å². The molecule has 26 heavy (non-hydrogen) atoms. The molecule has 1 aliphatic rings. The summed E-state index contributed by atoms with van der Waals surface area (Å²) in [5, 5.41) is 4.90. The molecule has 140 valence electrons. The second-order valence-corrected chi connectivity index (χ2v) is 6.98. The molecule has 0 unspecified atom stereocenters. The third-order valence-electron chi connectivity index (χ3n) is 4.26. The second kappa shape index (κ2) is 8.52. The van der Waals surface area contributed by atoms with Crippen molar-refractivity contribution in [3.63, 3.8) is 0 Å². The Bertz CT molecular complexity index is 806. The van der Waals surface area contributed by atoms with Gasteiger partial charge in [-0.3, -0.25) is 9.59 Å². The first kappa shape index (κ1) is 18.7. The highest BCUT2D eigenvalue weighted by Gasteiger charge is 2.28. The van der Waals surface area contributed by atoms with Gasteiger partial charge in [0.25, 0.3) is 5.56 Å². The number of carbonyl (C=O) groups is 1. The quantitative estimate of drug-likeness (QED) is 0.773. The fraction of sp³-hybridized carbons (Fsp3) is 0.529. The first-order valence-electron chi connectivity index (χ1n) is 8.45. The molecule has 0 bridgehead atoms. The van der Waals surface area contributed by atoms with Crippen LogP contribution in [0.1, 0.15) is 29.2 Å². The molecule has 1 aliphatic heterocycles. The van der Waals surface area contributed by atoms with Crippen molar-refractivity contribution in [1.82, 2.24) is 20.3 Å². The van der Waals surface area contributed by atoms with Crippen molar-refractivity contribution in [3.8, 4) is 0 Å². The summed E-state index contributed by atoms with van der Waals surface area (Å²) in [7, 11) is 0. The van der Waals surface area contributed by atoms with Gasteiger partial charge < -0.3 is 19.8 Å². The molecule has 1 amide bonds. The van der Waals surface area contributed by atoms with Crippen LogP contribution < -0.4 is 10.9 Å². The van der Waals surface area contributed by atoms with Crippen LogP contribution in [-0.4, -0.2) is 46.2 Å². The van der Waals surface area contributed by atoms with Gasteiger partial charge in [0.05, 0.1) is 36.9 Å². The molecule has 0 saturated carbocycles. The summed E-state index contributed by atoms with van der Waals surface area (Å²) < 4.78 is 11.4. The molecule has 0 aromatic carbocycles. The minimum Gasteiger partial charge on any atom is -0.379 e. The van der Waals surface area contributed by atoms with Crippen LogP contribution in [0.4, 0.5) is 0 Å². The SMILES string of the molecule is Cc1nc(C)c(CC(=O)N[C@@H]2CCOC[C@H]2OCc2cscn2)c(=O)[nH]1. The Balaban J connectivity index is 1.60. The van der Waals surface area contributed by atoms with Gasteiger partial charge in [0.2, 0.25) is 5.91 Å². The van der Waals surface area contributed by atoms with Crippen molar-refractivity contribution in [2.45, 2.75) is 45.4 Å². The number of nitrogens with one attached hydrogen (secondary N) is 2. The normalized spacial score (nSPS) is 20.1. The largest absolute Gasteiger partial charge is 0.379 e. The third kappa shape index (κ3) is 4.75. The summed E-state index contributed by atoms with van der Waals surface area (Å²) in [6.07, 6.45) is 0.407. The molecular formula is C17H22N4O4S. The van der Waals surface area contributed by atoms with E-state index in [9.17, 15) is 9.59 Å². The molecule has 0 spiro atoms. The van der Waals surface area contributed by atoms with Gasteiger partial charge in [-0.05, 0) is 20.3 Å². The van der Waals surface area contributed by atoms with E-state index >= 15 is 0 Å². The fourth-order valence-electron chi connectivity index (χ4n) is 2.92. The highest BCUT2D eigenvalue weighted by molar-refractivity contribution is 7.07. The van der Waals surface area contributed by atoms with Crippen LogP contribution in [0.5, 0.6) is 0 Å². The summed E-state index contributed by atoms with van der Waals surface area (Å²) in [6.45, 7) is 4.81. The monoisotopic (exact) mass is 378 g/mol. The van der Waals surface area contributed by atoms with Crippen molar-refractivity contribution in [3.05, 3.63) is 44.0 Å². The number of hydrogen-bond acceptors (Lipinski definition) is 7. The molecule has 1 saturated heterocycles. The number of nitrogens with zero attached hydrogens (tertiary/aromatic N) is 2. The number of carbonyl (C=O) groups excluding carboxylic acids is 1. The van der Waals surface area contributed by atoms with Crippen LogP contribution in [0, 0.1) is 13.8 Å². The van der Waals surface area contributed by atoms with Crippen molar-refractivity contribution >= 4 is 17.2 Å². The van der Waals surface area contributed by atoms with Crippen LogP contribution in [0.3, 0.4) is 0 Å². The van der Waals surface area contributed by atoms with E-state index in [1.165, 1.54) is 11.3 Å².